The molecule has 5 nitrogen and oxygen atoms in total. The lowest BCUT2D eigenvalue weighted by molar-refractivity contribution is -0.638. The van der Waals surface area contributed by atoms with E-state index in [1.807, 2.05) is 42.7 Å². The van der Waals surface area contributed by atoms with Gasteiger partial charge < -0.3 is 4.55 Å². The Balaban J connectivity index is 0.000000280. The second-order valence-electron chi connectivity index (χ2n) is 3.60. The van der Waals surface area contributed by atoms with Crippen molar-refractivity contribution >= 4 is 10.1 Å². The van der Waals surface area contributed by atoms with Crippen molar-refractivity contribution in [2.24, 2.45) is 0 Å². The largest absolute Gasteiger partial charge is 0.748 e. The van der Waals surface area contributed by atoms with Crippen LogP contribution in [0.1, 0.15) is 0 Å². The Kier molecular flexibility index (Phi) is 4.82. The summed E-state index contributed by atoms with van der Waals surface area (Å²) < 4.78 is 28.8. The molecule has 2 aromatic rings. The molecule has 0 saturated carbocycles. The summed E-state index contributed by atoms with van der Waals surface area (Å²) in [5.74, 6) is 5.52. The van der Waals surface area contributed by atoms with Gasteiger partial charge in [-0.25, -0.2) is 14.3 Å². The van der Waals surface area contributed by atoms with Crippen LogP contribution in [-0.4, -0.2) is 19.2 Å². The molecule has 0 aliphatic carbocycles. The highest BCUT2D eigenvalue weighted by Crippen LogP contribution is 2.15. The molecule has 1 aromatic carbocycles. The molecular formula is C12H14N2O3S. The van der Waals surface area contributed by atoms with Crippen LogP contribution in [0.15, 0.2) is 54.9 Å². The number of hydrogen-bond donors (Lipinski definition) is 1. The molecule has 0 atom stereocenters. The average molecular weight is 266 g/mol. The number of nitrogens with two attached hydrogens (primary N) is 1. The maximum atomic E-state index is 9.08. The van der Waals surface area contributed by atoms with E-state index >= 15 is 0 Å². The fourth-order valence-electron chi connectivity index (χ4n) is 1.26. The van der Waals surface area contributed by atoms with E-state index in [0.717, 1.165) is 0 Å². The Morgan fingerprint density at radius 3 is 1.83 bits per heavy atom. The van der Waals surface area contributed by atoms with Crippen LogP contribution in [-0.2, 0) is 10.1 Å². The second kappa shape index (κ2) is 6.13. The number of aromatic nitrogens is 1. The highest BCUT2D eigenvalue weighted by molar-refractivity contribution is 7.84. The molecule has 0 amide bonds. The van der Waals surface area contributed by atoms with Crippen molar-refractivity contribution in [1.29, 1.82) is 0 Å². The average Bonchev–Trinajstić information content (AvgIpc) is 2.29. The smallest absolute Gasteiger partial charge is 0.199 e. The summed E-state index contributed by atoms with van der Waals surface area (Å²) in [6.45, 7) is 0. The first kappa shape index (κ1) is 14.1. The SMILES string of the molecule is CS(=O)(=O)[O-].N[n+]1ccc(-c2ccccc2)cc1. The van der Waals surface area contributed by atoms with Crippen LogP contribution in [0.3, 0.4) is 0 Å². The highest BCUT2D eigenvalue weighted by Gasteiger charge is 1.97. The molecule has 2 N–H and O–H groups in total. The number of hydrogen-bond acceptors (Lipinski definition) is 4. The molecule has 0 aliphatic heterocycles. The number of nitrogens with zero attached hydrogens (tertiary/aromatic N) is 1. The molecule has 1 aromatic heterocycles. The second-order valence-corrected chi connectivity index (χ2v) is 5.01. The molecule has 0 aliphatic rings. The summed E-state index contributed by atoms with van der Waals surface area (Å²) in [4.78, 5) is 0. The summed E-state index contributed by atoms with van der Waals surface area (Å²) in [5.41, 5.74) is 2.39. The predicted molar refractivity (Wildman–Crippen MR) is 67.8 cm³/mol. The van der Waals surface area contributed by atoms with Gasteiger partial charge in [0.2, 0.25) is 0 Å². The first-order chi connectivity index (χ1) is 8.36. The maximum Gasteiger partial charge on any atom is 0.199 e. The number of nitrogen functional groups attached to an aromatic ring is 1. The zero-order valence-corrected chi connectivity index (χ0v) is 10.7. The fraction of sp³-hybridized carbons (Fsp3) is 0.0833. The molecule has 1 heterocycles. The number of rotatable bonds is 1. The van der Waals surface area contributed by atoms with Gasteiger partial charge in [0.15, 0.2) is 12.4 Å². The molecule has 96 valence electrons. The van der Waals surface area contributed by atoms with Gasteiger partial charge in [-0.1, -0.05) is 35.0 Å². The van der Waals surface area contributed by atoms with Crippen molar-refractivity contribution in [2.75, 3.05) is 12.1 Å². The van der Waals surface area contributed by atoms with Gasteiger partial charge in [0, 0.05) is 18.4 Å². The van der Waals surface area contributed by atoms with Gasteiger partial charge in [-0.15, -0.1) is 0 Å². The Morgan fingerprint density at radius 2 is 1.39 bits per heavy atom. The van der Waals surface area contributed by atoms with E-state index < -0.39 is 10.1 Å². The Labute approximate surface area is 106 Å². The van der Waals surface area contributed by atoms with Crippen molar-refractivity contribution in [1.82, 2.24) is 0 Å². The normalized spacial score (nSPS) is 10.3. The lowest BCUT2D eigenvalue weighted by atomic mass is 10.1. The fourth-order valence-corrected chi connectivity index (χ4v) is 1.26. The summed E-state index contributed by atoms with van der Waals surface area (Å²) in [7, 11) is -3.92. The number of pyridine rings is 1. The third-order valence-electron chi connectivity index (χ3n) is 1.96. The van der Waals surface area contributed by atoms with Gasteiger partial charge in [0.05, 0.1) is 10.1 Å². The van der Waals surface area contributed by atoms with Crippen LogP contribution in [0.2, 0.25) is 0 Å². The zero-order valence-electron chi connectivity index (χ0n) is 9.85. The third kappa shape index (κ3) is 5.97. The molecule has 2 rings (SSSR count). The number of benzene rings is 1. The van der Waals surface area contributed by atoms with Gasteiger partial charge in [-0.2, -0.15) is 0 Å². The summed E-state index contributed by atoms with van der Waals surface area (Å²) >= 11 is 0. The van der Waals surface area contributed by atoms with Gasteiger partial charge in [0.25, 0.3) is 0 Å². The van der Waals surface area contributed by atoms with E-state index in [0.29, 0.717) is 6.26 Å². The zero-order chi connectivity index (χ0) is 13.6. The summed E-state index contributed by atoms with van der Waals surface area (Å²) in [6.07, 6.45) is 4.28. The predicted octanol–water partition coefficient (Wildman–Crippen LogP) is 0.516. The Morgan fingerprint density at radius 1 is 1.00 bits per heavy atom. The van der Waals surface area contributed by atoms with E-state index in [1.165, 1.54) is 15.8 Å². The van der Waals surface area contributed by atoms with Gasteiger partial charge in [-0.05, 0) is 11.1 Å². The van der Waals surface area contributed by atoms with E-state index in [2.05, 4.69) is 12.1 Å². The third-order valence-corrected chi connectivity index (χ3v) is 1.96. The van der Waals surface area contributed by atoms with Crippen LogP contribution in [0.25, 0.3) is 11.1 Å². The van der Waals surface area contributed by atoms with Crippen molar-refractivity contribution in [2.45, 2.75) is 0 Å². The van der Waals surface area contributed by atoms with Crippen LogP contribution in [0, 0.1) is 0 Å². The minimum atomic E-state index is -3.92. The summed E-state index contributed by atoms with van der Waals surface area (Å²) in [5, 5.41) is 0. The van der Waals surface area contributed by atoms with E-state index in [9.17, 15) is 0 Å². The minimum Gasteiger partial charge on any atom is -0.748 e. The molecule has 0 bridgehead atoms. The first-order valence-electron chi connectivity index (χ1n) is 5.09. The summed E-state index contributed by atoms with van der Waals surface area (Å²) in [6, 6.07) is 14.2. The molecule has 0 saturated heterocycles. The van der Waals surface area contributed by atoms with Crippen molar-refractivity contribution in [3.63, 3.8) is 0 Å². The Bertz CT molecular complexity index is 572. The quantitative estimate of drug-likeness (QED) is 0.463. The Hall–Kier alpha value is -1.92. The minimum absolute atomic E-state index is 0.604. The molecule has 0 fully saturated rings. The lowest BCUT2D eigenvalue weighted by Crippen LogP contribution is -2.43. The van der Waals surface area contributed by atoms with Crippen LogP contribution >= 0.6 is 0 Å². The highest BCUT2D eigenvalue weighted by atomic mass is 32.2. The van der Waals surface area contributed by atoms with Crippen LogP contribution in [0.4, 0.5) is 0 Å². The van der Waals surface area contributed by atoms with Crippen LogP contribution in [0.5, 0.6) is 0 Å². The topological polar surface area (TPSA) is 87.1 Å². The first-order valence-corrected chi connectivity index (χ1v) is 6.90. The molecule has 0 spiro atoms. The van der Waals surface area contributed by atoms with Crippen molar-refractivity contribution < 1.29 is 17.6 Å². The monoisotopic (exact) mass is 266 g/mol. The van der Waals surface area contributed by atoms with Gasteiger partial charge >= 0.3 is 0 Å². The van der Waals surface area contributed by atoms with E-state index in [-0.39, 0.29) is 0 Å². The molecule has 0 radical (unpaired) electrons. The molecular weight excluding hydrogens is 252 g/mol. The van der Waals surface area contributed by atoms with Crippen LogP contribution < -0.4 is 10.5 Å². The molecule has 18 heavy (non-hydrogen) atoms. The van der Waals surface area contributed by atoms with Crippen molar-refractivity contribution in [3.05, 3.63) is 54.9 Å². The standard InChI is InChI=1S/C11H11N2.CH4O3S/c12-13-8-6-11(7-9-13)10-4-2-1-3-5-10;1-5(2,3)4/h1-9H,12H2;1H3,(H,2,3,4)/q+1;/p-1. The van der Waals surface area contributed by atoms with E-state index in [1.54, 1.807) is 0 Å². The van der Waals surface area contributed by atoms with Gasteiger partial charge in [-0.3, -0.25) is 0 Å². The van der Waals surface area contributed by atoms with E-state index in [4.69, 9.17) is 18.8 Å². The van der Waals surface area contributed by atoms with Crippen molar-refractivity contribution in [3.8, 4) is 11.1 Å². The lowest BCUT2D eigenvalue weighted by Gasteiger charge is -1.97. The molecule has 6 heteroatoms. The molecule has 0 unspecified atom stereocenters. The van der Waals surface area contributed by atoms with Gasteiger partial charge in [0.1, 0.15) is 0 Å². The maximum absolute atomic E-state index is 9.08.